The third kappa shape index (κ3) is 9.83. The van der Waals surface area contributed by atoms with Crippen molar-refractivity contribution in [2.75, 3.05) is 23.8 Å². The van der Waals surface area contributed by atoms with E-state index in [9.17, 15) is 9.59 Å². The van der Waals surface area contributed by atoms with Crippen molar-refractivity contribution in [2.45, 2.75) is 33.1 Å². The third-order valence-corrected chi connectivity index (χ3v) is 8.80. The van der Waals surface area contributed by atoms with E-state index in [0.717, 1.165) is 22.3 Å². The van der Waals surface area contributed by atoms with Crippen LogP contribution in [-0.2, 0) is 15.0 Å². The molecule has 0 aliphatic rings. The van der Waals surface area contributed by atoms with Gasteiger partial charge in [-0.25, -0.2) is 0 Å². The molecule has 6 aromatic carbocycles. The van der Waals surface area contributed by atoms with Crippen molar-refractivity contribution in [3.63, 3.8) is 0 Å². The minimum atomic E-state index is -0.275. The summed E-state index contributed by atoms with van der Waals surface area (Å²) in [5.74, 6) is 3.63. The Bertz CT molecular complexity index is 1990. The number of carbonyl (C=O) groups excluding carboxylic acids is 2. The van der Waals surface area contributed by atoms with Gasteiger partial charge < -0.3 is 29.6 Å². The Labute approximate surface area is 310 Å². The lowest BCUT2D eigenvalue weighted by Crippen LogP contribution is -2.20. The number of amides is 2. The zero-order chi connectivity index (χ0) is 37.2. The molecule has 6 rings (SSSR count). The molecular weight excluding hydrogens is 665 g/mol. The largest absolute Gasteiger partial charge is 0.483 e. The van der Waals surface area contributed by atoms with Crippen LogP contribution in [-0.4, -0.2) is 25.0 Å². The highest BCUT2D eigenvalue weighted by Crippen LogP contribution is 2.35. The van der Waals surface area contributed by atoms with Gasteiger partial charge in [0.1, 0.15) is 34.5 Å². The highest BCUT2D eigenvalue weighted by atomic mass is 16.5. The molecule has 0 aliphatic heterocycles. The number of ether oxygens (including phenoxy) is 4. The number of benzene rings is 6. The molecule has 0 aromatic heterocycles. The molecule has 0 bridgehead atoms. The van der Waals surface area contributed by atoms with Crippen molar-refractivity contribution < 1.29 is 28.5 Å². The van der Waals surface area contributed by atoms with E-state index in [1.54, 1.807) is 24.3 Å². The van der Waals surface area contributed by atoms with Gasteiger partial charge in [0.05, 0.1) is 0 Å². The smallest absolute Gasteiger partial charge is 0.262 e. The fourth-order valence-electron chi connectivity index (χ4n) is 5.65. The first-order valence-electron chi connectivity index (χ1n) is 17.4. The average Bonchev–Trinajstić information content (AvgIpc) is 3.16. The molecule has 8 nitrogen and oxygen atoms in total. The summed E-state index contributed by atoms with van der Waals surface area (Å²) in [6.07, 6.45) is 0. The molecule has 0 atom stereocenters. The van der Waals surface area contributed by atoms with E-state index in [1.165, 1.54) is 0 Å². The third-order valence-electron chi connectivity index (χ3n) is 8.80. The highest BCUT2D eigenvalue weighted by Gasteiger charge is 2.23. The van der Waals surface area contributed by atoms with E-state index in [1.807, 2.05) is 111 Å². The molecule has 2 N–H and O–H groups in total. The van der Waals surface area contributed by atoms with Gasteiger partial charge in [0.15, 0.2) is 13.2 Å². The minimum Gasteiger partial charge on any atom is -0.483 e. The van der Waals surface area contributed by atoms with Crippen LogP contribution in [0.3, 0.4) is 0 Å². The number of anilines is 2. The molecule has 0 saturated heterocycles. The molecular formula is C45H42N2O6. The summed E-state index contributed by atoms with van der Waals surface area (Å²) in [6, 6.07) is 45.7. The molecule has 8 heteroatoms. The van der Waals surface area contributed by atoms with E-state index in [0.29, 0.717) is 45.9 Å². The number of carbonyl (C=O) groups is 2. The Morgan fingerprint density at radius 3 is 1.13 bits per heavy atom. The SMILES string of the molecule is Cc1ccccc1OCC(=O)Nc1ccc(Oc2ccc(C(C)(C)c3ccc(Oc4ccc(NC(=O)COc5ccccc5C)cc4)cc3)cc2)cc1. The second-order valence-corrected chi connectivity index (χ2v) is 13.1. The van der Waals surface area contributed by atoms with Crippen LogP contribution >= 0.6 is 0 Å². The van der Waals surface area contributed by atoms with Crippen LogP contribution in [0.25, 0.3) is 0 Å². The summed E-state index contributed by atoms with van der Waals surface area (Å²) in [5.41, 5.74) is 5.25. The number of nitrogens with one attached hydrogen (secondary N) is 2. The summed E-state index contributed by atoms with van der Waals surface area (Å²) < 4.78 is 23.4. The Hall–Kier alpha value is -6.54. The topological polar surface area (TPSA) is 95.1 Å². The van der Waals surface area contributed by atoms with Crippen molar-refractivity contribution in [1.29, 1.82) is 0 Å². The first kappa shape index (κ1) is 36.3. The molecule has 0 radical (unpaired) electrons. The lowest BCUT2D eigenvalue weighted by molar-refractivity contribution is -0.118. The van der Waals surface area contributed by atoms with Crippen LogP contribution < -0.4 is 29.6 Å². The van der Waals surface area contributed by atoms with Crippen molar-refractivity contribution >= 4 is 23.2 Å². The molecule has 0 spiro atoms. The average molecular weight is 707 g/mol. The number of para-hydroxylation sites is 2. The van der Waals surface area contributed by atoms with E-state index >= 15 is 0 Å². The lowest BCUT2D eigenvalue weighted by Gasteiger charge is -2.26. The van der Waals surface area contributed by atoms with Crippen LogP contribution in [0.1, 0.15) is 36.1 Å². The van der Waals surface area contributed by atoms with Crippen LogP contribution in [0.2, 0.25) is 0 Å². The number of rotatable bonds is 14. The quantitative estimate of drug-likeness (QED) is 0.117. The van der Waals surface area contributed by atoms with Gasteiger partial charge in [-0.3, -0.25) is 9.59 Å². The highest BCUT2D eigenvalue weighted by molar-refractivity contribution is 5.92. The molecule has 0 aliphatic carbocycles. The molecule has 0 heterocycles. The molecule has 6 aromatic rings. The van der Waals surface area contributed by atoms with E-state index in [-0.39, 0.29) is 30.4 Å². The van der Waals surface area contributed by atoms with Crippen molar-refractivity contribution in [1.82, 2.24) is 0 Å². The van der Waals surface area contributed by atoms with Gasteiger partial charge in [-0.1, -0.05) is 74.5 Å². The summed E-state index contributed by atoms with van der Waals surface area (Å²) >= 11 is 0. The van der Waals surface area contributed by atoms with E-state index in [4.69, 9.17) is 18.9 Å². The molecule has 53 heavy (non-hydrogen) atoms. The Morgan fingerprint density at radius 1 is 0.472 bits per heavy atom. The normalized spacial score (nSPS) is 10.9. The second kappa shape index (κ2) is 16.7. The first-order chi connectivity index (χ1) is 25.6. The number of hydrogen-bond acceptors (Lipinski definition) is 6. The van der Waals surface area contributed by atoms with Crippen LogP contribution in [0.4, 0.5) is 11.4 Å². The Morgan fingerprint density at radius 2 is 0.792 bits per heavy atom. The molecule has 0 fully saturated rings. The molecule has 268 valence electrons. The van der Waals surface area contributed by atoms with Gasteiger partial charge >= 0.3 is 0 Å². The zero-order valence-corrected chi connectivity index (χ0v) is 30.2. The minimum absolute atomic E-state index is 0.0748. The van der Waals surface area contributed by atoms with Crippen LogP contribution in [0, 0.1) is 13.8 Å². The Balaban J connectivity index is 0.973. The monoisotopic (exact) mass is 706 g/mol. The standard InChI is InChI=1S/C45H42N2O6/c1-31-9-5-7-11-41(31)50-29-43(48)46-35-17-25-39(26-18-35)52-37-21-13-33(14-22-37)45(3,4)34-15-23-38(24-16-34)53-40-27-19-36(20-28-40)47-44(49)30-51-42-12-8-6-10-32(42)2/h5-28H,29-30H2,1-4H3,(H,46,48)(H,47,49). The maximum atomic E-state index is 12.4. The molecule has 2 amide bonds. The Kier molecular flexibility index (Phi) is 11.4. The number of hydrogen-bond donors (Lipinski definition) is 2. The summed E-state index contributed by atoms with van der Waals surface area (Å²) in [4.78, 5) is 24.8. The summed E-state index contributed by atoms with van der Waals surface area (Å²) in [6.45, 7) is 8.09. The van der Waals surface area contributed by atoms with Crippen LogP contribution in [0.15, 0.2) is 146 Å². The predicted molar refractivity (Wildman–Crippen MR) is 209 cm³/mol. The predicted octanol–water partition coefficient (Wildman–Crippen LogP) is 10.2. The fourth-order valence-corrected chi connectivity index (χ4v) is 5.65. The second-order valence-electron chi connectivity index (χ2n) is 13.1. The van der Waals surface area contributed by atoms with Gasteiger partial charge in [-0.2, -0.15) is 0 Å². The van der Waals surface area contributed by atoms with Gasteiger partial charge in [-0.15, -0.1) is 0 Å². The van der Waals surface area contributed by atoms with Crippen molar-refractivity contribution in [3.05, 3.63) is 168 Å². The summed E-state index contributed by atoms with van der Waals surface area (Å²) in [7, 11) is 0. The maximum Gasteiger partial charge on any atom is 0.262 e. The van der Waals surface area contributed by atoms with Crippen molar-refractivity contribution in [3.8, 4) is 34.5 Å². The summed E-state index contributed by atoms with van der Waals surface area (Å²) in [5, 5.41) is 5.70. The maximum absolute atomic E-state index is 12.4. The fraction of sp³-hybridized carbons (Fsp3) is 0.156. The lowest BCUT2D eigenvalue weighted by atomic mass is 9.78. The van der Waals surface area contributed by atoms with Gasteiger partial charge in [-0.05, 0) is 121 Å². The molecule has 0 unspecified atom stereocenters. The van der Waals surface area contributed by atoms with Crippen LogP contribution in [0.5, 0.6) is 34.5 Å². The number of aryl methyl sites for hydroxylation is 2. The van der Waals surface area contributed by atoms with E-state index in [2.05, 4.69) is 48.7 Å². The molecule has 0 saturated carbocycles. The zero-order valence-electron chi connectivity index (χ0n) is 30.2. The van der Waals surface area contributed by atoms with Gasteiger partial charge in [0.2, 0.25) is 0 Å². The van der Waals surface area contributed by atoms with Gasteiger partial charge in [0, 0.05) is 16.8 Å². The van der Waals surface area contributed by atoms with Crippen molar-refractivity contribution in [2.24, 2.45) is 0 Å². The first-order valence-corrected chi connectivity index (χ1v) is 17.4. The van der Waals surface area contributed by atoms with Gasteiger partial charge in [0.25, 0.3) is 11.8 Å². The van der Waals surface area contributed by atoms with E-state index < -0.39 is 0 Å².